The average Bonchev–Trinajstić information content (AvgIpc) is 2.80. The molecule has 0 unspecified atom stereocenters. The Hall–Kier alpha value is -2.37. The molecule has 2 aliphatic rings. The van der Waals surface area contributed by atoms with Crippen molar-refractivity contribution in [3.8, 4) is 5.75 Å². The third-order valence-corrected chi connectivity index (χ3v) is 6.14. The summed E-state index contributed by atoms with van der Waals surface area (Å²) in [6.07, 6.45) is 1.86. The zero-order valence-electron chi connectivity index (χ0n) is 16.5. The van der Waals surface area contributed by atoms with Gasteiger partial charge < -0.3 is 14.4 Å². The number of piperidine rings is 1. The fourth-order valence-electron chi connectivity index (χ4n) is 4.60. The van der Waals surface area contributed by atoms with Gasteiger partial charge in [-0.3, -0.25) is 9.69 Å². The maximum absolute atomic E-state index is 13.1. The van der Waals surface area contributed by atoms with Gasteiger partial charge in [-0.2, -0.15) is 0 Å². The fourth-order valence-corrected chi connectivity index (χ4v) is 4.60. The molecule has 0 atom stereocenters. The molecule has 0 bridgehead atoms. The van der Waals surface area contributed by atoms with E-state index >= 15 is 0 Å². The molecule has 2 saturated heterocycles. The molecule has 1 amide bonds. The van der Waals surface area contributed by atoms with Gasteiger partial charge in [0.05, 0.1) is 25.9 Å². The van der Waals surface area contributed by atoms with Crippen molar-refractivity contribution in [1.29, 1.82) is 0 Å². The number of likely N-dealkylation sites (tertiary alicyclic amines) is 1. The van der Waals surface area contributed by atoms with Gasteiger partial charge in [0.2, 0.25) is 0 Å². The van der Waals surface area contributed by atoms with Crippen LogP contribution in [-0.4, -0.2) is 62.2 Å². The summed E-state index contributed by atoms with van der Waals surface area (Å²) in [4.78, 5) is 17.7. The maximum Gasteiger partial charge on any atom is 0.257 e. The average molecular weight is 380 g/mol. The van der Waals surface area contributed by atoms with Crippen LogP contribution in [0.15, 0.2) is 54.6 Å². The van der Waals surface area contributed by atoms with Crippen LogP contribution in [0.3, 0.4) is 0 Å². The zero-order chi connectivity index (χ0) is 19.4. The Balaban J connectivity index is 1.56. The number of methoxy groups -OCH3 is 1. The lowest BCUT2D eigenvalue weighted by atomic mass is 9.78. The SMILES string of the molecule is COc1ccccc1C(=O)N1CCC(c2ccccc2)(N2CCOCC2)CC1. The van der Waals surface area contributed by atoms with Gasteiger partial charge in [0.1, 0.15) is 5.75 Å². The monoisotopic (exact) mass is 380 g/mol. The van der Waals surface area contributed by atoms with E-state index in [1.165, 1.54) is 5.56 Å². The van der Waals surface area contributed by atoms with Crippen molar-refractivity contribution >= 4 is 5.91 Å². The van der Waals surface area contributed by atoms with Crippen LogP contribution >= 0.6 is 0 Å². The molecular weight excluding hydrogens is 352 g/mol. The molecule has 0 saturated carbocycles. The van der Waals surface area contributed by atoms with E-state index in [4.69, 9.17) is 9.47 Å². The van der Waals surface area contributed by atoms with Crippen LogP contribution < -0.4 is 4.74 Å². The Labute approximate surface area is 166 Å². The number of para-hydroxylation sites is 1. The molecule has 2 aromatic carbocycles. The molecule has 0 N–H and O–H groups in total. The van der Waals surface area contributed by atoms with Gasteiger partial charge >= 0.3 is 0 Å². The summed E-state index contributed by atoms with van der Waals surface area (Å²) < 4.78 is 11.0. The molecule has 0 radical (unpaired) electrons. The van der Waals surface area contributed by atoms with Gasteiger partial charge in [0, 0.05) is 31.7 Å². The third-order valence-electron chi connectivity index (χ3n) is 6.14. The summed E-state index contributed by atoms with van der Waals surface area (Å²) in [6.45, 7) is 4.91. The number of hydrogen-bond donors (Lipinski definition) is 0. The molecule has 0 aliphatic carbocycles. The molecule has 0 aromatic heterocycles. The van der Waals surface area contributed by atoms with Crippen molar-refractivity contribution in [3.63, 3.8) is 0 Å². The van der Waals surface area contributed by atoms with Crippen LogP contribution in [0.5, 0.6) is 5.75 Å². The van der Waals surface area contributed by atoms with Gasteiger partial charge in [-0.1, -0.05) is 42.5 Å². The standard InChI is InChI=1S/C23H28N2O3/c1-27-21-10-6-5-9-20(21)22(26)24-13-11-23(12-14-24,19-7-3-2-4-8-19)25-15-17-28-18-16-25/h2-10H,11-18H2,1H3. The van der Waals surface area contributed by atoms with E-state index in [0.717, 1.165) is 52.2 Å². The van der Waals surface area contributed by atoms with Crippen LogP contribution in [0.2, 0.25) is 0 Å². The van der Waals surface area contributed by atoms with Crippen LogP contribution in [0, 0.1) is 0 Å². The van der Waals surface area contributed by atoms with E-state index in [1.54, 1.807) is 7.11 Å². The summed E-state index contributed by atoms with van der Waals surface area (Å²) in [5.41, 5.74) is 1.97. The highest BCUT2D eigenvalue weighted by Crippen LogP contribution is 2.40. The molecule has 2 fully saturated rings. The van der Waals surface area contributed by atoms with Crippen molar-refractivity contribution in [1.82, 2.24) is 9.80 Å². The number of benzene rings is 2. The summed E-state index contributed by atoms with van der Waals surface area (Å²) in [6, 6.07) is 18.2. The lowest BCUT2D eigenvalue weighted by Gasteiger charge is -2.50. The first-order chi connectivity index (χ1) is 13.7. The van der Waals surface area contributed by atoms with Crippen molar-refractivity contribution in [3.05, 3.63) is 65.7 Å². The first-order valence-electron chi connectivity index (χ1n) is 10.1. The number of ether oxygens (including phenoxy) is 2. The third kappa shape index (κ3) is 3.52. The summed E-state index contributed by atoms with van der Waals surface area (Å²) in [5.74, 6) is 0.696. The molecular formula is C23H28N2O3. The van der Waals surface area contributed by atoms with E-state index in [-0.39, 0.29) is 11.4 Å². The quantitative estimate of drug-likeness (QED) is 0.817. The summed E-state index contributed by atoms with van der Waals surface area (Å²) in [7, 11) is 1.61. The number of carbonyl (C=O) groups excluding carboxylic acids is 1. The molecule has 4 rings (SSSR count). The highest BCUT2D eigenvalue weighted by atomic mass is 16.5. The normalized spacial score (nSPS) is 20.0. The van der Waals surface area contributed by atoms with Crippen LogP contribution in [-0.2, 0) is 10.3 Å². The van der Waals surface area contributed by atoms with E-state index in [1.807, 2.05) is 29.2 Å². The number of amides is 1. The predicted octanol–water partition coefficient (Wildman–Crippen LogP) is 3.16. The molecule has 5 nitrogen and oxygen atoms in total. The Bertz CT molecular complexity index is 795. The first-order valence-corrected chi connectivity index (χ1v) is 10.1. The minimum atomic E-state index is -0.0252. The Morgan fingerprint density at radius 2 is 1.57 bits per heavy atom. The molecule has 2 heterocycles. The van der Waals surface area contributed by atoms with Gasteiger partial charge in [-0.15, -0.1) is 0 Å². The molecule has 2 aromatic rings. The van der Waals surface area contributed by atoms with E-state index in [2.05, 4.69) is 35.2 Å². The maximum atomic E-state index is 13.1. The largest absolute Gasteiger partial charge is 0.496 e. The number of hydrogen-bond acceptors (Lipinski definition) is 4. The number of carbonyl (C=O) groups is 1. The van der Waals surface area contributed by atoms with Crippen molar-refractivity contribution in [2.24, 2.45) is 0 Å². The Morgan fingerprint density at radius 3 is 2.25 bits per heavy atom. The molecule has 148 valence electrons. The number of morpholine rings is 1. The highest BCUT2D eigenvalue weighted by molar-refractivity contribution is 5.97. The lowest BCUT2D eigenvalue weighted by molar-refractivity contribution is -0.0482. The minimum absolute atomic E-state index is 0.0252. The van der Waals surface area contributed by atoms with Crippen molar-refractivity contribution in [2.45, 2.75) is 18.4 Å². The highest BCUT2D eigenvalue weighted by Gasteiger charge is 2.42. The smallest absolute Gasteiger partial charge is 0.257 e. The fraction of sp³-hybridized carbons (Fsp3) is 0.435. The zero-order valence-corrected chi connectivity index (χ0v) is 16.5. The molecule has 5 heteroatoms. The molecule has 2 aliphatic heterocycles. The van der Waals surface area contributed by atoms with Crippen LogP contribution in [0.4, 0.5) is 0 Å². The number of nitrogens with zero attached hydrogens (tertiary/aromatic N) is 2. The Morgan fingerprint density at radius 1 is 0.929 bits per heavy atom. The van der Waals surface area contributed by atoms with Gasteiger partial charge in [0.15, 0.2) is 0 Å². The van der Waals surface area contributed by atoms with E-state index in [9.17, 15) is 4.79 Å². The molecule has 28 heavy (non-hydrogen) atoms. The second-order valence-electron chi connectivity index (χ2n) is 7.49. The van der Waals surface area contributed by atoms with E-state index < -0.39 is 0 Å². The van der Waals surface area contributed by atoms with Crippen LogP contribution in [0.25, 0.3) is 0 Å². The van der Waals surface area contributed by atoms with E-state index in [0.29, 0.717) is 11.3 Å². The lowest BCUT2D eigenvalue weighted by Crippen LogP contribution is -2.57. The summed E-state index contributed by atoms with van der Waals surface area (Å²) in [5, 5.41) is 0. The summed E-state index contributed by atoms with van der Waals surface area (Å²) >= 11 is 0. The second kappa shape index (κ2) is 8.33. The second-order valence-corrected chi connectivity index (χ2v) is 7.49. The predicted molar refractivity (Wildman–Crippen MR) is 109 cm³/mol. The van der Waals surface area contributed by atoms with Gasteiger partial charge in [-0.05, 0) is 30.5 Å². The van der Waals surface area contributed by atoms with Crippen molar-refractivity contribution < 1.29 is 14.3 Å². The topological polar surface area (TPSA) is 42.0 Å². The number of rotatable bonds is 4. The Kier molecular flexibility index (Phi) is 5.64. The van der Waals surface area contributed by atoms with Crippen LogP contribution in [0.1, 0.15) is 28.8 Å². The van der Waals surface area contributed by atoms with Gasteiger partial charge in [-0.25, -0.2) is 0 Å². The van der Waals surface area contributed by atoms with Crippen molar-refractivity contribution in [2.75, 3.05) is 46.5 Å². The first kappa shape index (κ1) is 19.0. The molecule has 0 spiro atoms. The minimum Gasteiger partial charge on any atom is -0.496 e. The van der Waals surface area contributed by atoms with Gasteiger partial charge in [0.25, 0.3) is 5.91 Å².